The van der Waals surface area contributed by atoms with Crippen LogP contribution in [0.5, 0.6) is 34.5 Å². The number of fused-ring (bicyclic) bond motifs is 1. The molecule has 1 saturated heterocycles. The van der Waals surface area contributed by atoms with Crippen LogP contribution in [0, 0.1) is 0 Å². The first kappa shape index (κ1) is 19.5. The number of methoxy groups -OCH3 is 3. The van der Waals surface area contributed by atoms with E-state index in [2.05, 4.69) is 4.90 Å². The van der Waals surface area contributed by atoms with Crippen molar-refractivity contribution in [1.29, 1.82) is 0 Å². The van der Waals surface area contributed by atoms with E-state index in [1.807, 2.05) is 18.2 Å². The fourth-order valence-corrected chi connectivity index (χ4v) is 3.85. The topological polar surface area (TPSA) is 78.9 Å². The molecule has 0 saturated carbocycles. The van der Waals surface area contributed by atoms with E-state index in [1.165, 1.54) is 0 Å². The van der Waals surface area contributed by atoms with E-state index in [0.29, 0.717) is 47.5 Å². The molecule has 0 amide bonds. The Hall–Kier alpha value is -2.84. The first-order valence-electron chi connectivity index (χ1n) is 9.40. The Labute approximate surface area is 169 Å². The molecular weight excluding hydrogens is 378 g/mol. The predicted octanol–water partition coefficient (Wildman–Crippen LogP) is 2.57. The van der Waals surface area contributed by atoms with Gasteiger partial charge in [0.15, 0.2) is 23.0 Å². The fourth-order valence-electron chi connectivity index (χ4n) is 3.85. The number of phenolic OH excluding ortho intramolecular Hbond substituents is 1. The van der Waals surface area contributed by atoms with Crippen LogP contribution in [0.15, 0.2) is 24.3 Å². The van der Waals surface area contributed by atoms with Crippen LogP contribution in [0.1, 0.15) is 17.2 Å². The Balaban J connectivity index is 1.86. The second-order valence-corrected chi connectivity index (χ2v) is 6.77. The maximum Gasteiger partial charge on any atom is 0.231 e. The molecule has 1 fully saturated rings. The summed E-state index contributed by atoms with van der Waals surface area (Å²) in [7, 11) is 4.74. The summed E-state index contributed by atoms with van der Waals surface area (Å²) in [4.78, 5) is 2.25. The minimum atomic E-state index is -0.262. The van der Waals surface area contributed by atoms with Gasteiger partial charge in [-0.3, -0.25) is 4.90 Å². The lowest BCUT2D eigenvalue weighted by atomic mass is 9.94. The molecular formula is C21H25NO7. The molecule has 2 aliphatic heterocycles. The standard InChI is InChI=1S/C21H25NO7/c1-24-18-8-13(9-19(25-2)21(18)26-3)20(22-4-6-27-7-5-22)14-10-16-17(11-15(14)23)29-12-28-16/h8-11,20,23H,4-7,12H2,1-3H3/t20-/m0/s1. The van der Waals surface area contributed by atoms with Crippen molar-refractivity contribution in [3.63, 3.8) is 0 Å². The van der Waals surface area contributed by atoms with Gasteiger partial charge >= 0.3 is 0 Å². The van der Waals surface area contributed by atoms with Gasteiger partial charge in [-0.1, -0.05) is 0 Å². The third-order valence-corrected chi connectivity index (χ3v) is 5.23. The number of phenols is 1. The fraction of sp³-hybridized carbons (Fsp3) is 0.429. The van der Waals surface area contributed by atoms with E-state index in [1.54, 1.807) is 27.4 Å². The van der Waals surface area contributed by atoms with Crippen LogP contribution in [0.3, 0.4) is 0 Å². The van der Waals surface area contributed by atoms with Gasteiger partial charge in [-0.25, -0.2) is 0 Å². The maximum atomic E-state index is 10.8. The van der Waals surface area contributed by atoms with Crippen LogP contribution in [0.2, 0.25) is 0 Å². The number of ether oxygens (including phenoxy) is 6. The monoisotopic (exact) mass is 403 g/mol. The van der Waals surface area contributed by atoms with Crippen molar-refractivity contribution < 1.29 is 33.5 Å². The van der Waals surface area contributed by atoms with Crippen LogP contribution < -0.4 is 23.7 Å². The number of rotatable bonds is 6. The van der Waals surface area contributed by atoms with Crippen LogP contribution >= 0.6 is 0 Å². The number of hydrogen-bond acceptors (Lipinski definition) is 8. The highest BCUT2D eigenvalue weighted by Crippen LogP contribution is 2.46. The molecule has 0 aliphatic carbocycles. The number of nitrogens with zero attached hydrogens (tertiary/aromatic N) is 1. The van der Waals surface area contributed by atoms with Crippen LogP contribution in [0.25, 0.3) is 0 Å². The van der Waals surface area contributed by atoms with Crippen molar-refractivity contribution in [2.45, 2.75) is 6.04 Å². The predicted molar refractivity (Wildman–Crippen MR) is 105 cm³/mol. The van der Waals surface area contributed by atoms with Crippen molar-refractivity contribution in [1.82, 2.24) is 4.90 Å². The molecule has 4 rings (SSSR count). The summed E-state index contributed by atoms with van der Waals surface area (Å²) in [6, 6.07) is 6.99. The summed E-state index contributed by atoms with van der Waals surface area (Å²) in [6.45, 7) is 2.81. The van der Waals surface area contributed by atoms with E-state index < -0.39 is 0 Å². The van der Waals surface area contributed by atoms with Crippen LogP contribution in [-0.2, 0) is 4.74 Å². The van der Waals surface area contributed by atoms with Gasteiger partial charge in [0.05, 0.1) is 40.6 Å². The molecule has 0 bridgehead atoms. The maximum absolute atomic E-state index is 10.8. The zero-order valence-electron chi connectivity index (χ0n) is 16.8. The molecule has 1 N–H and O–H groups in total. The lowest BCUT2D eigenvalue weighted by Gasteiger charge is -2.35. The van der Waals surface area contributed by atoms with Gasteiger partial charge in [-0.05, 0) is 23.8 Å². The van der Waals surface area contributed by atoms with Crippen LogP contribution in [0.4, 0.5) is 0 Å². The second kappa shape index (κ2) is 8.26. The molecule has 2 aromatic rings. The number of benzene rings is 2. The Morgan fingerprint density at radius 3 is 2.10 bits per heavy atom. The largest absolute Gasteiger partial charge is 0.507 e. The normalized spacial score (nSPS) is 17.1. The molecule has 0 unspecified atom stereocenters. The molecule has 29 heavy (non-hydrogen) atoms. The summed E-state index contributed by atoms with van der Waals surface area (Å²) in [5.41, 5.74) is 1.61. The average molecular weight is 403 g/mol. The zero-order valence-corrected chi connectivity index (χ0v) is 16.8. The molecule has 2 aliphatic rings. The number of hydrogen-bond donors (Lipinski definition) is 1. The van der Waals surface area contributed by atoms with Crippen molar-refractivity contribution in [3.8, 4) is 34.5 Å². The molecule has 0 radical (unpaired) electrons. The first-order valence-corrected chi connectivity index (χ1v) is 9.40. The van der Waals surface area contributed by atoms with E-state index >= 15 is 0 Å². The van der Waals surface area contributed by atoms with E-state index in [-0.39, 0.29) is 18.6 Å². The van der Waals surface area contributed by atoms with E-state index in [4.69, 9.17) is 28.4 Å². The smallest absolute Gasteiger partial charge is 0.231 e. The van der Waals surface area contributed by atoms with Gasteiger partial charge in [0.1, 0.15) is 5.75 Å². The van der Waals surface area contributed by atoms with Gasteiger partial charge in [0.25, 0.3) is 0 Å². The van der Waals surface area contributed by atoms with E-state index in [9.17, 15) is 5.11 Å². The molecule has 1 atom stereocenters. The molecule has 2 aromatic carbocycles. The lowest BCUT2D eigenvalue weighted by Crippen LogP contribution is -2.39. The highest BCUT2D eigenvalue weighted by atomic mass is 16.7. The number of morpholine rings is 1. The third kappa shape index (κ3) is 3.61. The summed E-state index contributed by atoms with van der Waals surface area (Å²) < 4.78 is 33.0. The lowest BCUT2D eigenvalue weighted by molar-refractivity contribution is 0.0234. The van der Waals surface area contributed by atoms with Gasteiger partial charge in [-0.15, -0.1) is 0 Å². The van der Waals surface area contributed by atoms with Crippen molar-refractivity contribution in [2.75, 3.05) is 54.4 Å². The van der Waals surface area contributed by atoms with Gasteiger partial charge in [0.2, 0.25) is 12.5 Å². The Bertz CT molecular complexity index is 855. The van der Waals surface area contributed by atoms with Gasteiger partial charge in [0, 0.05) is 24.7 Å². The van der Waals surface area contributed by atoms with Gasteiger partial charge < -0.3 is 33.5 Å². The van der Waals surface area contributed by atoms with Gasteiger partial charge in [-0.2, -0.15) is 0 Å². The molecule has 156 valence electrons. The zero-order chi connectivity index (χ0) is 20.4. The minimum Gasteiger partial charge on any atom is -0.507 e. The summed E-state index contributed by atoms with van der Waals surface area (Å²) in [5.74, 6) is 2.93. The Morgan fingerprint density at radius 1 is 0.897 bits per heavy atom. The summed E-state index contributed by atoms with van der Waals surface area (Å²) in [5, 5.41) is 10.8. The molecule has 0 aromatic heterocycles. The first-order chi connectivity index (χ1) is 14.2. The van der Waals surface area contributed by atoms with E-state index in [0.717, 1.165) is 18.7 Å². The summed E-state index contributed by atoms with van der Waals surface area (Å²) >= 11 is 0. The van der Waals surface area contributed by atoms with Crippen molar-refractivity contribution in [2.24, 2.45) is 0 Å². The molecule has 0 spiro atoms. The highest BCUT2D eigenvalue weighted by Gasteiger charge is 2.31. The SMILES string of the molecule is COc1cc([C@@H](c2cc3c(cc2O)OCO3)N2CCOCC2)cc(OC)c1OC. The highest BCUT2D eigenvalue weighted by molar-refractivity contribution is 5.58. The minimum absolute atomic E-state index is 0.138. The molecule has 8 nitrogen and oxygen atoms in total. The number of aromatic hydroxyl groups is 1. The van der Waals surface area contributed by atoms with Crippen molar-refractivity contribution >= 4 is 0 Å². The van der Waals surface area contributed by atoms with Crippen molar-refractivity contribution in [3.05, 3.63) is 35.4 Å². The quantitative estimate of drug-likeness (QED) is 0.789. The molecule has 2 heterocycles. The second-order valence-electron chi connectivity index (χ2n) is 6.77. The average Bonchev–Trinajstić information content (AvgIpc) is 3.21. The Morgan fingerprint density at radius 2 is 1.52 bits per heavy atom. The summed E-state index contributed by atoms with van der Waals surface area (Å²) in [6.07, 6.45) is 0. The molecule has 8 heteroatoms. The third-order valence-electron chi connectivity index (χ3n) is 5.23. The van der Waals surface area contributed by atoms with Crippen LogP contribution in [-0.4, -0.2) is 64.4 Å². The Kier molecular flexibility index (Phi) is 5.55.